The third-order valence-corrected chi connectivity index (χ3v) is 3.34. The van der Waals surface area contributed by atoms with Crippen molar-refractivity contribution in [3.05, 3.63) is 48.0 Å². The third-order valence-electron chi connectivity index (χ3n) is 3.34. The van der Waals surface area contributed by atoms with Gasteiger partial charge < -0.3 is 10.6 Å². The SMILES string of the molecule is CNC(=O)NC(=O)CN[C@@H](C)c1cccc2ccccc12. The molecule has 0 spiro atoms. The molecule has 5 heteroatoms. The molecule has 0 saturated heterocycles. The highest BCUT2D eigenvalue weighted by Crippen LogP contribution is 2.23. The van der Waals surface area contributed by atoms with E-state index in [9.17, 15) is 9.59 Å². The number of imide groups is 1. The molecule has 2 aromatic rings. The fourth-order valence-electron chi connectivity index (χ4n) is 2.22. The second-order valence-corrected chi connectivity index (χ2v) is 4.80. The van der Waals surface area contributed by atoms with Crippen LogP contribution in [0.25, 0.3) is 10.8 Å². The highest BCUT2D eigenvalue weighted by Gasteiger charge is 2.11. The van der Waals surface area contributed by atoms with Crippen molar-refractivity contribution in [3.63, 3.8) is 0 Å². The summed E-state index contributed by atoms with van der Waals surface area (Å²) < 4.78 is 0. The highest BCUT2D eigenvalue weighted by atomic mass is 16.2. The van der Waals surface area contributed by atoms with Gasteiger partial charge in [-0.05, 0) is 23.3 Å². The molecule has 2 rings (SSSR count). The molecule has 0 aliphatic heterocycles. The van der Waals surface area contributed by atoms with Crippen molar-refractivity contribution in [2.45, 2.75) is 13.0 Å². The highest BCUT2D eigenvalue weighted by molar-refractivity contribution is 5.95. The van der Waals surface area contributed by atoms with Crippen molar-refractivity contribution in [2.24, 2.45) is 0 Å². The van der Waals surface area contributed by atoms with E-state index >= 15 is 0 Å². The lowest BCUT2D eigenvalue weighted by Crippen LogP contribution is -2.42. The van der Waals surface area contributed by atoms with Crippen LogP contribution < -0.4 is 16.0 Å². The van der Waals surface area contributed by atoms with Crippen molar-refractivity contribution in [3.8, 4) is 0 Å². The normalized spacial score (nSPS) is 11.9. The zero-order chi connectivity index (χ0) is 15.2. The quantitative estimate of drug-likeness (QED) is 0.804. The second-order valence-electron chi connectivity index (χ2n) is 4.80. The van der Waals surface area contributed by atoms with Gasteiger partial charge in [0.2, 0.25) is 5.91 Å². The number of nitrogens with one attached hydrogen (secondary N) is 3. The van der Waals surface area contributed by atoms with Gasteiger partial charge in [-0.1, -0.05) is 42.5 Å². The molecule has 5 nitrogen and oxygen atoms in total. The van der Waals surface area contributed by atoms with Gasteiger partial charge >= 0.3 is 6.03 Å². The van der Waals surface area contributed by atoms with Gasteiger partial charge in [0, 0.05) is 13.1 Å². The summed E-state index contributed by atoms with van der Waals surface area (Å²) in [5.41, 5.74) is 1.13. The van der Waals surface area contributed by atoms with Gasteiger partial charge in [-0.25, -0.2) is 4.79 Å². The fraction of sp³-hybridized carbons (Fsp3) is 0.250. The Kier molecular flexibility index (Phi) is 4.90. The molecule has 110 valence electrons. The van der Waals surface area contributed by atoms with E-state index in [2.05, 4.69) is 34.1 Å². The van der Waals surface area contributed by atoms with Crippen LogP contribution in [0.15, 0.2) is 42.5 Å². The van der Waals surface area contributed by atoms with Crippen LogP contribution in [-0.4, -0.2) is 25.5 Å². The summed E-state index contributed by atoms with van der Waals surface area (Å²) in [6.07, 6.45) is 0. The van der Waals surface area contributed by atoms with Crippen LogP contribution in [0.3, 0.4) is 0 Å². The van der Waals surface area contributed by atoms with Gasteiger partial charge in [-0.2, -0.15) is 0 Å². The summed E-state index contributed by atoms with van der Waals surface area (Å²) in [4.78, 5) is 22.6. The molecule has 0 fully saturated rings. The van der Waals surface area contributed by atoms with Crippen molar-refractivity contribution < 1.29 is 9.59 Å². The molecule has 2 aromatic carbocycles. The molecule has 1 atom stereocenters. The zero-order valence-corrected chi connectivity index (χ0v) is 12.1. The van der Waals surface area contributed by atoms with Crippen molar-refractivity contribution in [1.82, 2.24) is 16.0 Å². The molecule has 0 aliphatic carbocycles. The largest absolute Gasteiger partial charge is 0.341 e. The maximum Gasteiger partial charge on any atom is 0.321 e. The summed E-state index contributed by atoms with van der Waals surface area (Å²) in [6, 6.07) is 13.7. The lowest BCUT2D eigenvalue weighted by molar-refractivity contribution is -0.119. The van der Waals surface area contributed by atoms with Crippen LogP contribution in [-0.2, 0) is 4.79 Å². The number of hydrogen-bond acceptors (Lipinski definition) is 3. The van der Waals surface area contributed by atoms with E-state index in [1.807, 2.05) is 31.2 Å². The Labute approximate surface area is 123 Å². The molecule has 0 radical (unpaired) electrons. The van der Waals surface area contributed by atoms with Crippen molar-refractivity contribution in [2.75, 3.05) is 13.6 Å². The van der Waals surface area contributed by atoms with Crippen LogP contribution >= 0.6 is 0 Å². The number of carbonyl (C=O) groups is 2. The monoisotopic (exact) mass is 285 g/mol. The number of rotatable bonds is 4. The summed E-state index contributed by atoms with van der Waals surface area (Å²) in [6.45, 7) is 2.08. The molecular formula is C16H19N3O2. The molecule has 0 saturated carbocycles. The summed E-state index contributed by atoms with van der Waals surface area (Å²) in [5.74, 6) is -0.360. The first-order chi connectivity index (χ1) is 10.1. The third kappa shape index (κ3) is 3.79. The maximum absolute atomic E-state index is 11.6. The lowest BCUT2D eigenvalue weighted by Gasteiger charge is -2.16. The zero-order valence-electron chi connectivity index (χ0n) is 12.1. The van der Waals surface area contributed by atoms with Crippen LogP contribution in [0, 0.1) is 0 Å². The first-order valence-electron chi connectivity index (χ1n) is 6.84. The van der Waals surface area contributed by atoms with Crippen molar-refractivity contribution >= 4 is 22.7 Å². The molecule has 3 amide bonds. The van der Waals surface area contributed by atoms with Gasteiger partial charge in [-0.15, -0.1) is 0 Å². The fourth-order valence-corrected chi connectivity index (χ4v) is 2.22. The predicted molar refractivity (Wildman–Crippen MR) is 83.0 cm³/mol. The smallest absolute Gasteiger partial charge is 0.321 e. The molecule has 21 heavy (non-hydrogen) atoms. The van der Waals surface area contributed by atoms with E-state index in [4.69, 9.17) is 0 Å². The Balaban J connectivity index is 2.04. The Bertz CT molecular complexity index is 650. The number of fused-ring (bicyclic) bond motifs is 1. The second kappa shape index (κ2) is 6.85. The Morgan fingerprint density at radius 1 is 1.10 bits per heavy atom. The van der Waals surface area contributed by atoms with Crippen LogP contribution in [0.1, 0.15) is 18.5 Å². The van der Waals surface area contributed by atoms with E-state index < -0.39 is 6.03 Å². The van der Waals surface area contributed by atoms with E-state index in [-0.39, 0.29) is 18.5 Å². The van der Waals surface area contributed by atoms with Gasteiger partial charge in [-0.3, -0.25) is 10.1 Å². The van der Waals surface area contributed by atoms with Gasteiger partial charge in [0.1, 0.15) is 0 Å². The van der Waals surface area contributed by atoms with E-state index in [1.165, 1.54) is 12.4 Å². The number of amides is 3. The standard InChI is InChI=1S/C16H19N3O2/c1-11(18-10-15(20)19-16(21)17-2)13-9-5-7-12-6-3-4-8-14(12)13/h3-9,11,18H,10H2,1-2H3,(H2,17,19,20,21)/t11-/m0/s1. The number of urea groups is 1. The summed E-state index contributed by atoms with van der Waals surface area (Å²) in [7, 11) is 1.47. The van der Waals surface area contributed by atoms with Gasteiger partial charge in [0.15, 0.2) is 0 Å². The Morgan fingerprint density at radius 3 is 2.57 bits per heavy atom. The minimum atomic E-state index is -0.500. The molecule has 0 unspecified atom stereocenters. The van der Waals surface area contributed by atoms with Crippen LogP contribution in [0.5, 0.6) is 0 Å². The van der Waals surface area contributed by atoms with Gasteiger partial charge in [0.25, 0.3) is 0 Å². The summed E-state index contributed by atoms with van der Waals surface area (Å²) >= 11 is 0. The van der Waals surface area contributed by atoms with Crippen LogP contribution in [0.4, 0.5) is 4.79 Å². The van der Waals surface area contributed by atoms with Gasteiger partial charge in [0.05, 0.1) is 6.54 Å². The average Bonchev–Trinajstić information content (AvgIpc) is 2.51. The van der Waals surface area contributed by atoms with Crippen molar-refractivity contribution in [1.29, 1.82) is 0 Å². The Hall–Kier alpha value is -2.40. The predicted octanol–water partition coefficient (Wildman–Crippen LogP) is 1.95. The average molecular weight is 285 g/mol. The van der Waals surface area contributed by atoms with E-state index in [1.54, 1.807) is 0 Å². The molecule has 0 heterocycles. The Morgan fingerprint density at radius 2 is 1.81 bits per heavy atom. The lowest BCUT2D eigenvalue weighted by atomic mass is 10.00. The topological polar surface area (TPSA) is 70.2 Å². The van der Waals surface area contributed by atoms with E-state index in [0.29, 0.717) is 0 Å². The van der Waals surface area contributed by atoms with E-state index in [0.717, 1.165) is 10.9 Å². The first kappa shape index (κ1) is 15.0. The molecule has 0 aromatic heterocycles. The number of carbonyl (C=O) groups excluding carboxylic acids is 2. The molecule has 3 N–H and O–H groups in total. The van der Waals surface area contributed by atoms with Crippen LogP contribution in [0.2, 0.25) is 0 Å². The first-order valence-corrected chi connectivity index (χ1v) is 6.84. The number of hydrogen-bond donors (Lipinski definition) is 3. The number of benzene rings is 2. The maximum atomic E-state index is 11.6. The minimum Gasteiger partial charge on any atom is -0.341 e. The minimum absolute atomic E-state index is 0.00605. The molecular weight excluding hydrogens is 266 g/mol. The summed E-state index contributed by atoms with van der Waals surface area (Å²) in [5, 5.41) is 10.0. The molecule has 0 aliphatic rings. The molecule has 0 bridgehead atoms.